The molecule has 0 spiro atoms. The number of nitrogens with zero attached hydrogens (tertiary/aromatic N) is 3. The summed E-state index contributed by atoms with van der Waals surface area (Å²) in [6.07, 6.45) is 0.910. The van der Waals surface area contributed by atoms with Gasteiger partial charge in [-0.3, -0.25) is 9.69 Å². The molecule has 0 N–H and O–H groups in total. The highest BCUT2D eigenvalue weighted by Gasteiger charge is 2.31. The zero-order chi connectivity index (χ0) is 17.9. The molecular formula is C21H25N3OS. The molecule has 1 amide bonds. The van der Waals surface area contributed by atoms with Gasteiger partial charge < -0.3 is 9.80 Å². The van der Waals surface area contributed by atoms with Gasteiger partial charge in [0.2, 0.25) is 5.91 Å². The van der Waals surface area contributed by atoms with Crippen LogP contribution in [-0.4, -0.2) is 55.8 Å². The largest absolute Gasteiger partial charge is 0.369 e. The SMILES string of the molecule is CN1C(=O)C(CCN2CCN(c3ccccc3)CC2)Sc2ccccc21. The Hall–Kier alpha value is -1.98. The van der Waals surface area contributed by atoms with Crippen LogP contribution >= 0.6 is 11.8 Å². The van der Waals surface area contributed by atoms with E-state index in [0.29, 0.717) is 0 Å². The van der Waals surface area contributed by atoms with Gasteiger partial charge >= 0.3 is 0 Å². The van der Waals surface area contributed by atoms with Crippen LogP contribution in [0.5, 0.6) is 0 Å². The molecule has 0 radical (unpaired) electrons. The summed E-state index contributed by atoms with van der Waals surface area (Å²) in [5.41, 5.74) is 2.35. The Morgan fingerprint density at radius 2 is 1.65 bits per heavy atom. The number of amides is 1. The Morgan fingerprint density at radius 1 is 0.962 bits per heavy atom. The van der Waals surface area contributed by atoms with Gasteiger partial charge in [-0.05, 0) is 37.2 Å². The molecule has 26 heavy (non-hydrogen) atoms. The van der Waals surface area contributed by atoms with Crippen LogP contribution in [0.15, 0.2) is 59.5 Å². The number of hydrogen-bond donors (Lipinski definition) is 0. The van der Waals surface area contributed by atoms with Crippen molar-refractivity contribution in [3.05, 3.63) is 54.6 Å². The molecule has 4 nitrogen and oxygen atoms in total. The van der Waals surface area contributed by atoms with Gasteiger partial charge in [0.05, 0.1) is 10.9 Å². The van der Waals surface area contributed by atoms with Crippen molar-refractivity contribution in [2.45, 2.75) is 16.6 Å². The molecule has 2 aliphatic rings. The number of fused-ring (bicyclic) bond motifs is 1. The van der Waals surface area contributed by atoms with Gasteiger partial charge in [-0.2, -0.15) is 0 Å². The summed E-state index contributed by atoms with van der Waals surface area (Å²) in [6, 6.07) is 18.8. The van der Waals surface area contributed by atoms with Crippen molar-refractivity contribution in [1.29, 1.82) is 0 Å². The van der Waals surface area contributed by atoms with Gasteiger partial charge in [0.25, 0.3) is 0 Å². The second-order valence-corrected chi connectivity index (χ2v) is 8.17. The molecule has 5 heteroatoms. The zero-order valence-corrected chi connectivity index (χ0v) is 16.0. The van der Waals surface area contributed by atoms with Crippen molar-refractivity contribution in [3.8, 4) is 0 Å². The van der Waals surface area contributed by atoms with E-state index in [9.17, 15) is 4.79 Å². The summed E-state index contributed by atoms with van der Waals surface area (Å²) in [5.74, 6) is 0.233. The number of para-hydroxylation sites is 2. The fourth-order valence-corrected chi connectivity index (χ4v) is 4.99. The minimum atomic E-state index is 0.0297. The molecule has 4 rings (SSSR count). The third-order valence-electron chi connectivity index (χ3n) is 5.30. The number of carbonyl (C=O) groups is 1. The molecule has 0 saturated carbocycles. The number of rotatable bonds is 4. The van der Waals surface area contributed by atoms with Gasteiger partial charge in [0.15, 0.2) is 0 Å². The van der Waals surface area contributed by atoms with E-state index in [1.54, 1.807) is 11.8 Å². The van der Waals surface area contributed by atoms with Crippen LogP contribution in [0, 0.1) is 0 Å². The number of benzene rings is 2. The molecule has 1 fully saturated rings. The lowest BCUT2D eigenvalue weighted by Crippen LogP contribution is -2.47. The first-order valence-corrected chi connectivity index (χ1v) is 10.2. The van der Waals surface area contributed by atoms with E-state index in [4.69, 9.17) is 0 Å². The van der Waals surface area contributed by atoms with Crippen LogP contribution in [-0.2, 0) is 4.79 Å². The number of anilines is 2. The van der Waals surface area contributed by atoms with Crippen molar-refractivity contribution in [2.24, 2.45) is 0 Å². The van der Waals surface area contributed by atoms with E-state index in [-0.39, 0.29) is 11.2 Å². The third kappa shape index (κ3) is 3.60. The minimum absolute atomic E-state index is 0.0297. The van der Waals surface area contributed by atoms with Gasteiger partial charge in [0, 0.05) is 43.8 Å². The zero-order valence-electron chi connectivity index (χ0n) is 15.2. The van der Waals surface area contributed by atoms with Gasteiger partial charge in [-0.25, -0.2) is 0 Å². The monoisotopic (exact) mass is 367 g/mol. The molecule has 2 aromatic rings. The molecule has 0 bridgehead atoms. The van der Waals surface area contributed by atoms with E-state index in [1.807, 2.05) is 24.1 Å². The maximum absolute atomic E-state index is 12.7. The highest BCUT2D eigenvalue weighted by molar-refractivity contribution is 8.01. The lowest BCUT2D eigenvalue weighted by molar-refractivity contribution is -0.118. The highest BCUT2D eigenvalue weighted by Crippen LogP contribution is 2.39. The molecule has 1 unspecified atom stereocenters. The lowest BCUT2D eigenvalue weighted by atomic mass is 10.2. The quantitative estimate of drug-likeness (QED) is 0.828. The van der Waals surface area contributed by atoms with E-state index >= 15 is 0 Å². The molecular weight excluding hydrogens is 342 g/mol. The molecule has 2 aromatic carbocycles. The average Bonchev–Trinajstić information content (AvgIpc) is 2.71. The number of hydrogen-bond acceptors (Lipinski definition) is 4. The standard InChI is InChI=1S/C21H25N3OS/c1-22-18-9-5-6-10-19(18)26-20(21(22)25)11-12-23-13-15-24(16-14-23)17-7-3-2-4-8-17/h2-10,20H,11-16H2,1H3. The normalized spacial score (nSPS) is 21.0. The van der Waals surface area contributed by atoms with Crippen molar-refractivity contribution < 1.29 is 4.79 Å². The van der Waals surface area contributed by atoms with Crippen LogP contribution in [0.2, 0.25) is 0 Å². The van der Waals surface area contributed by atoms with Crippen molar-refractivity contribution >= 4 is 29.0 Å². The predicted octanol–water partition coefficient (Wildman–Crippen LogP) is 3.34. The fraction of sp³-hybridized carbons (Fsp3) is 0.381. The molecule has 136 valence electrons. The Kier molecular flexibility index (Phi) is 5.18. The maximum atomic E-state index is 12.7. The smallest absolute Gasteiger partial charge is 0.240 e. The van der Waals surface area contributed by atoms with Crippen molar-refractivity contribution in [2.75, 3.05) is 49.6 Å². The molecule has 1 saturated heterocycles. The van der Waals surface area contributed by atoms with Crippen LogP contribution in [0.1, 0.15) is 6.42 Å². The molecule has 1 atom stereocenters. The average molecular weight is 368 g/mol. The fourth-order valence-electron chi connectivity index (χ4n) is 3.72. The Balaban J connectivity index is 1.31. The van der Waals surface area contributed by atoms with Gasteiger partial charge in [-0.15, -0.1) is 11.8 Å². The second-order valence-electron chi connectivity index (χ2n) is 6.92. The van der Waals surface area contributed by atoms with E-state index in [0.717, 1.165) is 44.8 Å². The summed E-state index contributed by atoms with van der Waals surface area (Å²) in [5, 5.41) is 0.0297. The second kappa shape index (κ2) is 7.72. The molecule has 0 aliphatic carbocycles. The van der Waals surface area contributed by atoms with Crippen molar-refractivity contribution in [1.82, 2.24) is 4.90 Å². The Labute approximate surface area is 159 Å². The molecule has 2 aliphatic heterocycles. The first-order valence-electron chi connectivity index (χ1n) is 9.28. The maximum Gasteiger partial charge on any atom is 0.240 e. The lowest BCUT2D eigenvalue weighted by Gasteiger charge is -2.37. The summed E-state index contributed by atoms with van der Waals surface area (Å²) in [6.45, 7) is 5.22. The molecule has 0 aromatic heterocycles. The third-order valence-corrected chi connectivity index (χ3v) is 6.62. The summed E-state index contributed by atoms with van der Waals surface area (Å²) < 4.78 is 0. The highest BCUT2D eigenvalue weighted by atomic mass is 32.2. The topological polar surface area (TPSA) is 26.8 Å². The van der Waals surface area contributed by atoms with Crippen molar-refractivity contribution in [3.63, 3.8) is 0 Å². The number of thioether (sulfide) groups is 1. The van der Waals surface area contributed by atoms with Crippen LogP contribution < -0.4 is 9.80 Å². The van der Waals surface area contributed by atoms with Crippen LogP contribution in [0.4, 0.5) is 11.4 Å². The Morgan fingerprint density at radius 3 is 2.42 bits per heavy atom. The summed E-state index contributed by atoms with van der Waals surface area (Å²) in [4.78, 5) is 20.7. The summed E-state index contributed by atoms with van der Waals surface area (Å²) in [7, 11) is 1.90. The number of carbonyl (C=O) groups excluding carboxylic acids is 1. The first kappa shape index (κ1) is 17.4. The van der Waals surface area contributed by atoms with Gasteiger partial charge in [0.1, 0.15) is 0 Å². The van der Waals surface area contributed by atoms with E-state index in [2.05, 4.69) is 52.3 Å². The minimum Gasteiger partial charge on any atom is -0.369 e. The number of piperazine rings is 1. The predicted molar refractivity (Wildman–Crippen MR) is 109 cm³/mol. The van der Waals surface area contributed by atoms with E-state index < -0.39 is 0 Å². The van der Waals surface area contributed by atoms with Gasteiger partial charge in [-0.1, -0.05) is 30.3 Å². The Bertz CT molecular complexity index is 759. The van der Waals surface area contributed by atoms with Crippen LogP contribution in [0.3, 0.4) is 0 Å². The van der Waals surface area contributed by atoms with Crippen LogP contribution in [0.25, 0.3) is 0 Å². The molecule has 2 heterocycles. The first-order chi connectivity index (χ1) is 12.7. The van der Waals surface area contributed by atoms with E-state index in [1.165, 1.54) is 10.6 Å². The summed E-state index contributed by atoms with van der Waals surface area (Å²) >= 11 is 1.73.